The summed E-state index contributed by atoms with van der Waals surface area (Å²) in [6.07, 6.45) is 22.7. The van der Waals surface area contributed by atoms with Crippen LogP contribution in [-0.4, -0.2) is 182 Å². The molecule has 1 aliphatic carbocycles. The van der Waals surface area contributed by atoms with Crippen molar-refractivity contribution >= 4 is 55.0 Å². The fourth-order valence-corrected chi connectivity index (χ4v) is 18.4. The van der Waals surface area contributed by atoms with Crippen molar-refractivity contribution < 1.29 is 55.5 Å². The van der Waals surface area contributed by atoms with E-state index in [9.17, 15) is 10.2 Å². The first kappa shape index (κ1) is 63.1. The number of hydrogen-bond acceptors (Lipinski definition) is 18. The van der Waals surface area contributed by atoms with Gasteiger partial charge in [-0.3, -0.25) is 19.8 Å². The lowest BCUT2D eigenvalue weighted by atomic mass is 9.89. The summed E-state index contributed by atoms with van der Waals surface area (Å²) in [6.45, 7) is 4.01. The van der Waals surface area contributed by atoms with Gasteiger partial charge in [0.15, 0.2) is 11.6 Å². The lowest BCUT2D eigenvalue weighted by Crippen LogP contribution is -2.60. The van der Waals surface area contributed by atoms with Crippen molar-refractivity contribution in [1.82, 2.24) is 50.3 Å². The molecule has 8 aromatic rings. The zero-order chi connectivity index (χ0) is 67.1. The summed E-state index contributed by atoms with van der Waals surface area (Å²) in [4.78, 5) is 37.2. The topological polar surface area (TPSA) is 192 Å². The van der Waals surface area contributed by atoms with E-state index in [1.54, 1.807) is 7.11 Å². The van der Waals surface area contributed by atoms with Gasteiger partial charge in [0.25, 0.3) is 0 Å². The van der Waals surface area contributed by atoms with Crippen LogP contribution >= 0.6 is 0 Å². The minimum atomic E-state index is -1.38. The van der Waals surface area contributed by atoms with Gasteiger partial charge in [0.05, 0.1) is 39.1 Å². The number of phenolic OH excluding ortho intramolecular Hbond substituents is 2. The quantitative estimate of drug-likeness (QED) is 0.0468. The number of nitrogens with zero attached hydrogens (tertiary/aromatic N) is 10. The number of pyridine rings is 2. The Kier molecular flexibility index (Phi) is 15.4. The van der Waals surface area contributed by atoms with E-state index in [4.69, 9.17) is 56.7 Å². The number of aromatic nitrogens is 6. The van der Waals surface area contributed by atoms with E-state index in [0.717, 1.165) is 64.3 Å². The van der Waals surface area contributed by atoms with E-state index in [1.807, 2.05) is 4.90 Å². The van der Waals surface area contributed by atoms with Crippen LogP contribution in [0.5, 0.6) is 23.5 Å². The van der Waals surface area contributed by atoms with Crippen LogP contribution in [0.4, 0.5) is 38.0 Å². The molecular formula is C74H74F6N12O6. The molecule has 4 aromatic heterocycles. The van der Waals surface area contributed by atoms with E-state index in [-0.39, 0.29) is 139 Å². The molecule has 24 heteroatoms. The van der Waals surface area contributed by atoms with Crippen LogP contribution in [0.3, 0.4) is 0 Å². The second-order valence-electron chi connectivity index (χ2n) is 29.1. The van der Waals surface area contributed by atoms with Gasteiger partial charge in [0.2, 0.25) is 0 Å². The van der Waals surface area contributed by atoms with Crippen molar-refractivity contribution in [3.8, 4) is 70.7 Å². The molecule has 4 aromatic carbocycles. The first-order chi connectivity index (χ1) is 47.4. The van der Waals surface area contributed by atoms with Gasteiger partial charge in [0, 0.05) is 136 Å². The van der Waals surface area contributed by atoms with Gasteiger partial charge >= 0.3 is 12.0 Å². The highest BCUT2D eigenvalue weighted by Gasteiger charge is 2.55. The molecule has 17 rings (SSSR count). The number of hydrogen-bond donors (Lipinski definition) is 4. The van der Waals surface area contributed by atoms with Crippen LogP contribution in [0.1, 0.15) is 113 Å². The Bertz CT molecular complexity index is 4690. The number of terminal acetylenes is 2. The zero-order valence-electron chi connectivity index (χ0n) is 54.3. The number of alkyl halides is 2. The highest BCUT2D eigenvalue weighted by Crippen LogP contribution is 2.53. The van der Waals surface area contributed by atoms with Crippen molar-refractivity contribution in [2.45, 2.75) is 149 Å². The molecule has 9 fully saturated rings. The molecule has 1 saturated carbocycles. The minimum absolute atomic E-state index is 0.00629. The number of benzene rings is 4. The number of anilines is 2. The second kappa shape index (κ2) is 23.9. The Balaban J connectivity index is 0.734. The Hall–Kier alpha value is -8.36. The maximum Gasteiger partial charge on any atom is 0.319 e. The molecular weight excluding hydrogens is 1270 g/mol. The number of methoxy groups -OCH3 is 1. The van der Waals surface area contributed by atoms with Crippen LogP contribution < -0.4 is 29.9 Å². The third-order valence-electron chi connectivity index (χ3n) is 22.9. The molecule has 12 heterocycles. The number of rotatable bonds is 18. The van der Waals surface area contributed by atoms with Crippen molar-refractivity contribution in [2.75, 3.05) is 89.2 Å². The van der Waals surface area contributed by atoms with Gasteiger partial charge in [-0.1, -0.05) is 17.9 Å². The predicted molar refractivity (Wildman–Crippen MR) is 357 cm³/mol. The van der Waals surface area contributed by atoms with E-state index in [1.165, 1.54) is 54.9 Å². The van der Waals surface area contributed by atoms with Gasteiger partial charge in [-0.2, -0.15) is 19.9 Å². The molecule has 98 heavy (non-hydrogen) atoms. The number of aromatic hydroxyl groups is 2. The lowest BCUT2D eigenvalue weighted by Gasteiger charge is -2.42. The molecule has 4 N–H and O–H groups in total. The summed E-state index contributed by atoms with van der Waals surface area (Å²) in [5, 5.41) is 31.9. The van der Waals surface area contributed by atoms with Crippen molar-refractivity contribution in [1.29, 1.82) is 0 Å². The molecule has 508 valence electrons. The molecule has 8 aliphatic heterocycles. The highest BCUT2D eigenvalue weighted by molar-refractivity contribution is 6.05. The molecule has 0 amide bonds. The molecule has 0 spiro atoms. The van der Waals surface area contributed by atoms with Crippen molar-refractivity contribution in [3.05, 3.63) is 94.8 Å². The molecule has 4 bridgehead atoms. The number of piperazine rings is 2. The maximum atomic E-state index is 18.3. The number of fused-ring (bicyclic) bond motifs is 10. The Morgan fingerprint density at radius 3 is 1.86 bits per heavy atom. The van der Waals surface area contributed by atoms with Crippen LogP contribution in [0, 0.1) is 48.0 Å². The summed E-state index contributed by atoms with van der Waals surface area (Å²) in [6, 6.07) is 8.51. The van der Waals surface area contributed by atoms with Crippen LogP contribution in [-0.2, 0) is 9.47 Å². The average molecular weight is 1340 g/mol. The molecule has 0 radical (unpaired) electrons. The van der Waals surface area contributed by atoms with Gasteiger partial charge < -0.3 is 49.6 Å². The first-order valence-electron chi connectivity index (χ1n) is 34.3. The molecule has 5 unspecified atom stereocenters. The summed E-state index contributed by atoms with van der Waals surface area (Å²) >= 11 is 0. The maximum absolute atomic E-state index is 18.3. The van der Waals surface area contributed by atoms with Crippen molar-refractivity contribution in [3.63, 3.8) is 0 Å². The third-order valence-corrected chi connectivity index (χ3v) is 22.9. The predicted octanol–water partition coefficient (Wildman–Crippen LogP) is 10.8. The normalized spacial score (nSPS) is 28.2. The van der Waals surface area contributed by atoms with Crippen LogP contribution in [0.25, 0.3) is 65.9 Å². The summed E-state index contributed by atoms with van der Waals surface area (Å²) in [5.41, 5.74) is -3.10. The minimum Gasteiger partial charge on any atom is -0.508 e. The molecule has 8 saturated heterocycles. The monoisotopic (exact) mass is 1340 g/mol. The number of halogens is 6. The van der Waals surface area contributed by atoms with Gasteiger partial charge in [0.1, 0.15) is 82.7 Å². The van der Waals surface area contributed by atoms with E-state index in [0.29, 0.717) is 106 Å². The number of phenols is 2. The highest BCUT2D eigenvalue weighted by atomic mass is 19.2. The van der Waals surface area contributed by atoms with Gasteiger partial charge in [-0.15, -0.1) is 12.8 Å². The smallest absolute Gasteiger partial charge is 0.319 e. The van der Waals surface area contributed by atoms with Gasteiger partial charge in [-0.05, 0) is 136 Å². The summed E-state index contributed by atoms with van der Waals surface area (Å²) in [7, 11) is 1.65. The lowest BCUT2D eigenvalue weighted by molar-refractivity contribution is 0.0848. The number of nitrogens with one attached hydrogen (secondary N) is 2. The zero-order valence-corrected chi connectivity index (χ0v) is 54.3. The largest absolute Gasteiger partial charge is 0.508 e. The standard InChI is InChI=1S/C74H74F6N12O6/c1-4-48-56(77)10-7-40-23-45(93)25-52(59(40)48)63-61(79)65-54(30-81-63)68(89-34-43-11-15-71(36-89,87-43)18-21-95-3)86-70(84-65)98-39-74-17-13-58(92(74)33-42(76)29-74)50-27-57(78)49(5-2)60-51(50)24-46(94)26-53(60)64-62(80)66-55(31-82-64)67(85-69(83-66)97-38-73-14-6-20-91(73)32-41(75)28-73)90-35-44-12-16-72(37-90,88-44)19-22-96-47-8-9-47/h1-2,7,10,23-27,30-31,41-44,47,58,87-88,93-94H,6,8-9,11-22,28-29,32-39H2,3H3/t41-,42-,43?,44?,58?,71?,72?,73+,74+/m1/s1. The molecule has 18 nitrogen and oxygen atoms in total. The SMILES string of the molecule is C#Cc1c(F)ccc2cc(O)cc(-c3ncc4c(N5CC6CCC(CCOC)(C5)N6)nc(OC[C@@]56CCC(c7cc(F)c(C#C)c8c(-c9ncc%10c(N%11CC%12CCC(CCOC%13CC%13)(C%11)N%12)nc(OC[C@@]%11%12CCCN%11C[C@H](F)C%12)nc%10c9F)cc(O)cc78)N5C[C@H](F)C6)nc4c3F)c12. The van der Waals surface area contributed by atoms with E-state index in [2.05, 4.69) is 42.2 Å². The fraction of sp³-hybridized carbons (Fsp3) is 0.486. The van der Waals surface area contributed by atoms with Crippen LogP contribution in [0.15, 0.2) is 54.9 Å². The van der Waals surface area contributed by atoms with Gasteiger partial charge in [-0.25, -0.2) is 26.3 Å². The van der Waals surface area contributed by atoms with Crippen LogP contribution in [0.2, 0.25) is 0 Å². The van der Waals surface area contributed by atoms with Crippen molar-refractivity contribution in [2.24, 2.45) is 0 Å². The summed E-state index contributed by atoms with van der Waals surface area (Å²) in [5.74, 6) is 1.80. The van der Waals surface area contributed by atoms with E-state index >= 15 is 26.3 Å². The summed E-state index contributed by atoms with van der Waals surface area (Å²) < 4.78 is 125. The molecule has 9 aliphatic rings. The molecule has 9 atom stereocenters. The third kappa shape index (κ3) is 10.6. The Labute approximate surface area is 561 Å². The van der Waals surface area contributed by atoms with E-state index < -0.39 is 52.7 Å². The first-order valence-corrected chi connectivity index (χ1v) is 34.3. The fourth-order valence-electron chi connectivity index (χ4n) is 18.4. The Morgan fingerprint density at radius 1 is 0.633 bits per heavy atom. The Morgan fingerprint density at radius 2 is 1.22 bits per heavy atom. The number of ether oxygens (including phenoxy) is 4. The second-order valence-corrected chi connectivity index (χ2v) is 29.1. The average Bonchev–Trinajstić information content (AvgIpc) is 1.40.